The fourth-order valence-electron chi connectivity index (χ4n) is 2.84. The summed E-state index contributed by atoms with van der Waals surface area (Å²) in [4.78, 5) is 3.61. The highest BCUT2D eigenvalue weighted by Gasteiger charge is 2.21. The lowest BCUT2D eigenvalue weighted by Gasteiger charge is -2.17. The smallest absolute Gasteiger partial charge is 0.182 e. The van der Waals surface area contributed by atoms with E-state index in [1.807, 2.05) is 22.6 Å². The van der Waals surface area contributed by atoms with Crippen LogP contribution in [0.5, 0.6) is 0 Å². The summed E-state index contributed by atoms with van der Waals surface area (Å²) >= 11 is 1.94. The maximum absolute atomic E-state index is 14.9. The number of benzene rings is 2. The molecule has 0 amide bonds. The number of pyridine rings is 1. The second-order valence-corrected chi connectivity index (χ2v) is 7.47. The van der Waals surface area contributed by atoms with E-state index in [1.165, 1.54) is 37.6 Å². The minimum Gasteiger partial charge on any atom is -0.381 e. The molecule has 0 aliphatic heterocycles. The molecule has 1 heterocycles. The van der Waals surface area contributed by atoms with E-state index in [0.717, 1.165) is 0 Å². The summed E-state index contributed by atoms with van der Waals surface area (Å²) in [5, 5.41) is 2.60. The molecule has 0 saturated heterocycles. The molecular weight excluding hydrogens is 501 g/mol. The van der Waals surface area contributed by atoms with Crippen LogP contribution in [0.15, 0.2) is 36.5 Å². The zero-order valence-corrected chi connectivity index (χ0v) is 17.4. The van der Waals surface area contributed by atoms with Crippen LogP contribution in [0, 0.1) is 26.8 Å². The van der Waals surface area contributed by atoms with Crippen LogP contribution in [0.3, 0.4) is 0 Å². The normalized spacial score (nSPS) is 11.0. The summed E-state index contributed by atoms with van der Waals surface area (Å²) in [6.45, 7) is -0.0700. The summed E-state index contributed by atoms with van der Waals surface area (Å²) in [6.07, 6.45) is 1.05. The van der Waals surface area contributed by atoms with E-state index >= 15 is 0 Å². The second kappa shape index (κ2) is 8.95. The van der Waals surface area contributed by atoms with Crippen LogP contribution < -0.4 is 11.1 Å². The van der Waals surface area contributed by atoms with Gasteiger partial charge in [0, 0.05) is 28.9 Å². The molecule has 0 radical (unpaired) electrons. The number of nitrogens with one attached hydrogen (secondary N) is 1. The molecule has 9 heteroatoms. The number of halogens is 5. The van der Waals surface area contributed by atoms with Crippen LogP contribution in [0.25, 0.3) is 0 Å². The zero-order valence-electron chi connectivity index (χ0n) is 15.2. The molecule has 1 aromatic heterocycles. The molecule has 0 spiro atoms. The molecule has 4 nitrogen and oxygen atoms in total. The number of anilines is 3. The van der Waals surface area contributed by atoms with Gasteiger partial charge in [-0.1, -0.05) is 0 Å². The Hall–Kier alpha value is -2.40. The van der Waals surface area contributed by atoms with Crippen LogP contribution >= 0.6 is 22.6 Å². The number of nitrogen functional groups attached to an aromatic ring is 1. The van der Waals surface area contributed by atoms with Crippen molar-refractivity contribution < 1.29 is 22.3 Å². The lowest BCUT2D eigenvalue weighted by molar-refractivity contribution is 0.185. The average Bonchev–Trinajstić information content (AvgIpc) is 2.68. The number of methoxy groups -OCH3 is 1. The van der Waals surface area contributed by atoms with Gasteiger partial charge in [-0.05, 0) is 64.0 Å². The number of rotatable bonds is 6. The molecule has 3 N–H and O–H groups in total. The van der Waals surface area contributed by atoms with Gasteiger partial charge in [0.05, 0.1) is 18.0 Å². The Morgan fingerprint density at radius 1 is 1.00 bits per heavy atom. The van der Waals surface area contributed by atoms with Crippen molar-refractivity contribution in [2.24, 2.45) is 0 Å². The van der Waals surface area contributed by atoms with Gasteiger partial charge < -0.3 is 15.8 Å². The maximum atomic E-state index is 14.9. The summed E-state index contributed by atoms with van der Waals surface area (Å²) in [7, 11) is 1.39. The van der Waals surface area contributed by atoms with E-state index in [0.29, 0.717) is 3.57 Å². The van der Waals surface area contributed by atoms with E-state index in [2.05, 4.69) is 10.3 Å². The van der Waals surface area contributed by atoms with Crippen molar-refractivity contribution in [1.82, 2.24) is 4.98 Å². The third kappa shape index (κ3) is 4.61. The zero-order chi connectivity index (χ0) is 21.1. The molecule has 0 fully saturated rings. The van der Waals surface area contributed by atoms with Gasteiger partial charge in [-0.25, -0.2) is 22.5 Å². The van der Waals surface area contributed by atoms with Gasteiger partial charge in [0.15, 0.2) is 23.3 Å². The SMILES string of the molecule is COCc1cc(Cc2ccnc(N)c2F)c(F)c(F)c1Nc1ccc(I)cc1F. The molecule has 3 aromatic rings. The first-order chi connectivity index (χ1) is 13.8. The van der Waals surface area contributed by atoms with Crippen molar-refractivity contribution in [3.05, 3.63) is 80.1 Å². The largest absolute Gasteiger partial charge is 0.381 e. The molecule has 152 valence electrons. The van der Waals surface area contributed by atoms with Gasteiger partial charge in [0.1, 0.15) is 5.82 Å². The van der Waals surface area contributed by atoms with Gasteiger partial charge in [0.25, 0.3) is 0 Å². The van der Waals surface area contributed by atoms with Crippen molar-refractivity contribution in [1.29, 1.82) is 0 Å². The van der Waals surface area contributed by atoms with Crippen molar-refractivity contribution in [3.8, 4) is 0 Å². The molecule has 3 rings (SSSR count). The maximum Gasteiger partial charge on any atom is 0.182 e. The summed E-state index contributed by atoms with van der Waals surface area (Å²) in [5.74, 6) is -4.11. The van der Waals surface area contributed by atoms with E-state index in [-0.39, 0.29) is 46.9 Å². The molecule has 0 atom stereocenters. The Morgan fingerprint density at radius 2 is 1.76 bits per heavy atom. The highest BCUT2D eigenvalue weighted by Crippen LogP contribution is 2.32. The number of aromatic nitrogens is 1. The molecule has 0 aliphatic rings. The van der Waals surface area contributed by atoms with E-state index < -0.39 is 23.3 Å². The molecule has 0 saturated carbocycles. The number of nitrogens with two attached hydrogens (primary N) is 1. The van der Waals surface area contributed by atoms with Crippen LogP contribution in [0.4, 0.5) is 34.8 Å². The summed E-state index contributed by atoms with van der Waals surface area (Å²) < 4.78 is 63.6. The quantitative estimate of drug-likeness (QED) is 0.344. The Bertz CT molecular complexity index is 1060. The standard InChI is InChI=1S/C20H16F4IN3O/c1-29-9-12-7-11(6-10-4-5-27-20(26)17(10)23)16(22)18(24)19(12)28-15-3-2-13(25)8-14(15)21/h2-5,7-8,28H,6,9H2,1H3,(H2,26,27). The molecule has 2 aromatic carbocycles. The minimum atomic E-state index is -1.21. The van der Waals surface area contributed by atoms with Crippen molar-refractivity contribution in [2.75, 3.05) is 18.2 Å². The van der Waals surface area contributed by atoms with Crippen molar-refractivity contribution in [2.45, 2.75) is 13.0 Å². The Morgan fingerprint density at radius 3 is 2.45 bits per heavy atom. The van der Waals surface area contributed by atoms with Gasteiger partial charge in [0.2, 0.25) is 0 Å². The monoisotopic (exact) mass is 517 g/mol. The first-order valence-corrected chi connectivity index (χ1v) is 9.49. The van der Waals surface area contributed by atoms with Gasteiger partial charge >= 0.3 is 0 Å². The van der Waals surface area contributed by atoms with E-state index in [9.17, 15) is 17.6 Å². The molecule has 0 unspecified atom stereocenters. The first kappa shape index (κ1) is 21.3. The number of hydrogen-bond acceptors (Lipinski definition) is 4. The van der Waals surface area contributed by atoms with Gasteiger partial charge in [-0.3, -0.25) is 0 Å². The predicted molar refractivity (Wildman–Crippen MR) is 111 cm³/mol. The lowest BCUT2D eigenvalue weighted by Crippen LogP contribution is -2.08. The van der Waals surface area contributed by atoms with E-state index in [1.54, 1.807) is 6.07 Å². The van der Waals surface area contributed by atoms with E-state index in [4.69, 9.17) is 10.5 Å². The predicted octanol–water partition coefficient (Wildman–Crippen LogP) is 5.31. The second-order valence-electron chi connectivity index (χ2n) is 6.23. The highest BCUT2D eigenvalue weighted by molar-refractivity contribution is 14.1. The van der Waals surface area contributed by atoms with Crippen LogP contribution in [0.1, 0.15) is 16.7 Å². The van der Waals surface area contributed by atoms with Crippen molar-refractivity contribution in [3.63, 3.8) is 0 Å². The summed E-state index contributed by atoms with van der Waals surface area (Å²) in [5.41, 5.74) is 5.41. The van der Waals surface area contributed by atoms with Crippen LogP contribution in [0.2, 0.25) is 0 Å². The van der Waals surface area contributed by atoms with Crippen molar-refractivity contribution >= 4 is 39.8 Å². The summed E-state index contributed by atoms with van der Waals surface area (Å²) in [6, 6.07) is 7.00. The van der Waals surface area contributed by atoms with Gasteiger partial charge in [-0.2, -0.15) is 0 Å². The molecule has 0 bridgehead atoms. The Labute approximate surface area is 178 Å². The van der Waals surface area contributed by atoms with Crippen LogP contribution in [-0.4, -0.2) is 12.1 Å². The van der Waals surface area contributed by atoms with Crippen LogP contribution in [-0.2, 0) is 17.8 Å². The Balaban J connectivity index is 2.04. The average molecular weight is 517 g/mol. The number of ether oxygens (including phenoxy) is 1. The third-order valence-corrected chi connectivity index (χ3v) is 4.90. The topological polar surface area (TPSA) is 60.2 Å². The number of nitrogens with zero attached hydrogens (tertiary/aromatic N) is 1. The van der Waals surface area contributed by atoms with Gasteiger partial charge in [-0.15, -0.1) is 0 Å². The molecule has 0 aliphatic carbocycles. The fourth-order valence-corrected chi connectivity index (χ4v) is 3.29. The fraction of sp³-hybridized carbons (Fsp3) is 0.150. The first-order valence-electron chi connectivity index (χ1n) is 8.41. The molecular formula is C20H16F4IN3O. The number of hydrogen-bond donors (Lipinski definition) is 2. The Kier molecular flexibility index (Phi) is 6.58. The molecule has 29 heavy (non-hydrogen) atoms. The lowest BCUT2D eigenvalue weighted by atomic mass is 10.0. The highest BCUT2D eigenvalue weighted by atomic mass is 127. The third-order valence-electron chi connectivity index (χ3n) is 4.23. The minimum absolute atomic E-state index is 0.0122.